The van der Waals surface area contributed by atoms with E-state index < -0.39 is 5.60 Å². The number of nitrogens with zero attached hydrogens (tertiary/aromatic N) is 4. The maximum absolute atomic E-state index is 12.5. The quantitative estimate of drug-likeness (QED) is 0.886. The second-order valence-electron chi connectivity index (χ2n) is 7.53. The van der Waals surface area contributed by atoms with Crippen molar-refractivity contribution in [3.05, 3.63) is 11.9 Å². The SMILES string of the molecule is O=C(Cn1cc(C2(O)CCC2)nn1)N1CCC(C2CCOC2)CC1. The number of ether oxygens (including phenoxy) is 1. The molecule has 1 atom stereocenters. The fourth-order valence-electron chi connectivity index (χ4n) is 4.14. The van der Waals surface area contributed by atoms with Crippen molar-refractivity contribution in [1.82, 2.24) is 19.9 Å². The van der Waals surface area contributed by atoms with Gasteiger partial charge in [0.25, 0.3) is 0 Å². The Morgan fingerprint density at radius 1 is 1.29 bits per heavy atom. The molecule has 7 nitrogen and oxygen atoms in total. The molecule has 1 saturated carbocycles. The molecule has 0 spiro atoms. The van der Waals surface area contributed by atoms with Gasteiger partial charge in [0, 0.05) is 26.3 Å². The topological polar surface area (TPSA) is 80.5 Å². The maximum Gasteiger partial charge on any atom is 0.244 e. The lowest BCUT2D eigenvalue weighted by atomic mass is 9.78. The normalized spacial score (nSPS) is 27.2. The molecule has 1 unspecified atom stereocenters. The molecule has 7 heteroatoms. The van der Waals surface area contributed by atoms with Crippen molar-refractivity contribution in [2.24, 2.45) is 11.8 Å². The van der Waals surface area contributed by atoms with Crippen molar-refractivity contribution in [3.8, 4) is 0 Å². The molecule has 1 amide bonds. The summed E-state index contributed by atoms with van der Waals surface area (Å²) >= 11 is 0. The summed E-state index contributed by atoms with van der Waals surface area (Å²) < 4.78 is 7.05. The van der Waals surface area contributed by atoms with E-state index in [1.165, 1.54) is 6.42 Å². The Bertz CT molecular complexity index is 584. The number of carbonyl (C=O) groups is 1. The lowest BCUT2D eigenvalue weighted by molar-refractivity contribution is -0.133. The summed E-state index contributed by atoms with van der Waals surface area (Å²) in [7, 11) is 0. The fourth-order valence-corrected chi connectivity index (χ4v) is 4.14. The van der Waals surface area contributed by atoms with Gasteiger partial charge in [0.15, 0.2) is 0 Å². The van der Waals surface area contributed by atoms with Gasteiger partial charge in [-0.3, -0.25) is 4.79 Å². The van der Waals surface area contributed by atoms with Crippen LogP contribution in [-0.2, 0) is 21.7 Å². The molecule has 2 saturated heterocycles. The highest BCUT2D eigenvalue weighted by Gasteiger charge is 2.39. The van der Waals surface area contributed by atoms with Crippen LogP contribution in [0.1, 0.15) is 44.2 Å². The minimum atomic E-state index is -0.816. The van der Waals surface area contributed by atoms with E-state index in [2.05, 4.69) is 10.3 Å². The molecule has 3 aliphatic rings. The van der Waals surface area contributed by atoms with Gasteiger partial charge in [0.1, 0.15) is 17.8 Å². The highest BCUT2D eigenvalue weighted by atomic mass is 16.5. The summed E-state index contributed by atoms with van der Waals surface area (Å²) in [4.78, 5) is 14.4. The standard InChI is InChI=1S/C17H26N4O3/c22-16(11-21-10-15(18-19-21)17(23)5-1-6-17)20-7-2-13(3-8-20)14-4-9-24-12-14/h10,13-14,23H,1-9,11-12H2. The van der Waals surface area contributed by atoms with Gasteiger partial charge in [-0.15, -0.1) is 5.10 Å². The van der Waals surface area contributed by atoms with E-state index >= 15 is 0 Å². The van der Waals surface area contributed by atoms with Crippen molar-refractivity contribution in [2.75, 3.05) is 26.3 Å². The Labute approximate surface area is 142 Å². The van der Waals surface area contributed by atoms with Crippen molar-refractivity contribution in [3.63, 3.8) is 0 Å². The number of rotatable bonds is 4. The number of amides is 1. The Hall–Kier alpha value is -1.47. The number of aliphatic hydroxyl groups is 1. The van der Waals surface area contributed by atoms with Crippen LogP contribution in [0.5, 0.6) is 0 Å². The number of hydrogen-bond acceptors (Lipinski definition) is 5. The van der Waals surface area contributed by atoms with Crippen LogP contribution in [-0.4, -0.2) is 57.2 Å². The average molecular weight is 334 g/mol. The second-order valence-corrected chi connectivity index (χ2v) is 7.53. The van der Waals surface area contributed by atoms with E-state index in [-0.39, 0.29) is 12.5 Å². The molecular weight excluding hydrogens is 308 g/mol. The summed E-state index contributed by atoms with van der Waals surface area (Å²) in [6.45, 7) is 3.64. The Morgan fingerprint density at radius 2 is 2.08 bits per heavy atom. The first-order valence-corrected chi connectivity index (χ1v) is 9.12. The molecule has 3 heterocycles. The maximum atomic E-state index is 12.5. The van der Waals surface area contributed by atoms with E-state index in [9.17, 15) is 9.90 Å². The highest BCUT2D eigenvalue weighted by Crippen LogP contribution is 2.39. The van der Waals surface area contributed by atoms with E-state index in [1.54, 1.807) is 10.9 Å². The third kappa shape index (κ3) is 3.07. The van der Waals surface area contributed by atoms with Gasteiger partial charge in [-0.2, -0.15) is 0 Å². The number of carbonyl (C=O) groups excluding carboxylic acids is 1. The molecule has 1 aromatic heterocycles. The minimum absolute atomic E-state index is 0.0909. The molecule has 1 aromatic rings. The van der Waals surface area contributed by atoms with Crippen LogP contribution in [0.4, 0.5) is 0 Å². The molecule has 0 aromatic carbocycles. The molecule has 0 bridgehead atoms. The summed E-state index contributed by atoms with van der Waals surface area (Å²) in [5.41, 5.74) is -0.218. The summed E-state index contributed by atoms with van der Waals surface area (Å²) in [6, 6.07) is 0. The Kier molecular flexibility index (Phi) is 4.30. The van der Waals surface area contributed by atoms with Crippen LogP contribution in [0.25, 0.3) is 0 Å². The molecular formula is C17H26N4O3. The molecule has 2 aliphatic heterocycles. The zero-order valence-corrected chi connectivity index (χ0v) is 14.1. The molecule has 4 rings (SSSR count). The smallest absolute Gasteiger partial charge is 0.244 e. The average Bonchev–Trinajstić information content (AvgIpc) is 3.25. The highest BCUT2D eigenvalue weighted by molar-refractivity contribution is 5.76. The zero-order valence-electron chi connectivity index (χ0n) is 14.1. The number of hydrogen-bond donors (Lipinski definition) is 1. The van der Waals surface area contributed by atoms with E-state index in [0.717, 1.165) is 58.4 Å². The predicted octanol–water partition coefficient (Wildman–Crippen LogP) is 0.925. The number of aromatic nitrogens is 3. The third-order valence-electron chi connectivity index (χ3n) is 6.02. The largest absolute Gasteiger partial charge is 0.383 e. The number of piperidine rings is 1. The van der Waals surface area contributed by atoms with E-state index in [0.29, 0.717) is 17.5 Å². The van der Waals surface area contributed by atoms with Gasteiger partial charge in [-0.25, -0.2) is 4.68 Å². The van der Waals surface area contributed by atoms with Gasteiger partial charge < -0.3 is 14.7 Å². The van der Waals surface area contributed by atoms with E-state index in [4.69, 9.17) is 4.74 Å². The predicted molar refractivity (Wildman–Crippen MR) is 86.0 cm³/mol. The van der Waals surface area contributed by atoms with Crippen LogP contribution in [0.3, 0.4) is 0 Å². The van der Waals surface area contributed by atoms with Crippen LogP contribution in [0.2, 0.25) is 0 Å². The molecule has 1 N–H and O–H groups in total. The first-order valence-electron chi connectivity index (χ1n) is 9.12. The van der Waals surface area contributed by atoms with Crippen molar-refractivity contribution in [1.29, 1.82) is 0 Å². The lowest BCUT2D eigenvalue weighted by Gasteiger charge is -2.34. The third-order valence-corrected chi connectivity index (χ3v) is 6.02. The van der Waals surface area contributed by atoms with E-state index in [1.807, 2.05) is 4.90 Å². The van der Waals surface area contributed by atoms with Gasteiger partial charge in [0.2, 0.25) is 5.91 Å². The van der Waals surface area contributed by atoms with Crippen LogP contribution < -0.4 is 0 Å². The van der Waals surface area contributed by atoms with Gasteiger partial charge in [-0.1, -0.05) is 5.21 Å². The first kappa shape index (κ1) is 16.0. The molecule has 0 radical (unpaired) electrons. The summed E-state index contributed by atoms with van der Waals surface area (Å²) in [5.74, 6) is 1.47. The first-order chi connectivity index (χ1) is 11.6. The molecule has 1 aliphatic carbocycles. The van der Waals surface area contributed by atoms with Gasteiger partial charge in [-0.05, 0) is 50.4 Å². The lowest BCUT2D eigenvalue weighted by Crippen LogP contribution is -2.41. The van der Waals surface area contributed by atoms with Gasteiger partial charge in [0.05, 0.1) is 6.20 Å². The number of likely N-dealkylation sites (tertiary alicyclic amines) is 1. The molecule has 132 valence electrons. The Balaban J connectivity index is 1.29. The van der Waals surface area contributed by atoms with Crippen LogP contribution in [0.15, 0.2) is 6.20 Å². The van der Waals surface area contributed by atoms with Crippen LogP contribution in [0, 0.1) is 11.8 Å². The summed E-state index contributed by atoms with van der Waals surface area (Å²) in [5, 5.41) is 18.4. The fraction of sp³-hybridized carbons (Fsp3) is 0.824. The van der Waals surface area contributed by atoms with Crippen LogP contribution >= 0.6 is 0 Å². The van der Waals surface area contributed by atoms with Crippen molar-refractivity contribution in [2.45, 2.75) is 50.7 Å². The summed E-state index contributed by atoms with van der Waals surface area (Å²) in [6.07, 6.45) is 7.52. The zero-order chi connectivity index (χ0) is 16.6. The minimum Gasteiger partial charge on any atom is -0.383 e. The molecule has 24 heavy (non-hydrogen) atoms. The van der Waals surface area contributed by atoms with Crippen molar-refractivity contribution < 1.29 is 14.6 Å². The second kappa shape index (κ2) is 6.44. The van der Waals surface area contributed by atoms with Gasteiger partial charge >= 0.3 is 0 Å². The monoisotopic (exact) mass is 334 g/mol. The van der Waals surface area contributed by atoms with Crippen molar-refractivity contribution >= 4 is 5.91 Å². The Morgan fingerprint density at radius 3 is 2.71 bits per heavy atom. The molecule has 3 fully saturated rings.